The first kappa shape index (κ1) is 11.5. The van der Waals surface area contributed by atoms with Gasteiger partial charge in [0.2, 0.25) is 0 Å². The molecule has 0 spiro atoms. The number of nitrogens with zero attached hydrogens (tertiary/aromatic N) is 2. The van der Waals surface area contributed by atoms with Crippen LogP contribution in [0.3, 0.4) is 0 Å². The Morgan fingerprint density at radius 1 is 1.41 bits per heavy atom. The second kappa shape index (κ2) is 5.36. The number of hydrogen-bond acceptors (Lipinski definition) is 3. The summed E-state index contributed by atoms with van der Waals surface area (Å²) >= 11 is 5.72. The summed E-state index contributed by atoms with van der Waals surface area (Å²) in [6.45, 7) is 0.124. The monoisotopic (exact) mass is 251 g/mol. The van der Waals surface area contributed by atoms with Crippen molar-refractivity contribution in [1.82, 2.24) is 9.55 Å². The van der Waals surface area contributed by atoms with E-state index in [4.69, 9.17) is 16.3 Å². The molecule has 1 aromatic carbocycles. The number of imidazole rings is 1. The van der Waals surface area contributed by atoms with Gasteiger partial charge < -0.3 is 9.30 Å². The fraction of sp³-hybridized carbons (Fsp3) is 0.0909. The Morgan fingerprint density at radius 3 is 2.82 bits per heavy atom. The Morgan fingerprint density at radius 2 is 2.18 bits per heavy atom. The molecule has 0 fully saturated rings. The molecule has 0 radical (unpaired) electrons. The number of carbonyl (C=O) groups excluding carboxylic acids is 1. The van der Waals surface area contributed by atoms with E-state index in [2.05, 4.69) is 10.3 Å². The molecule has 0 saturated heterocycles. The summed E-state index contributed by atoms with van der Waals surface area (Å²) < 4.78 is 6.60. The minimum absolute atomic E-state index is 0.124. The zero-order valence-electron chi connectivity index (χ0n) is 8.84. The third-order valence-electron chi connectivity index (χ3n) is 1.99. The molecule has 88 valence electrons. The van der Waals surface area contributed by atoms with Crippen molar-refractivity contribution in [2.75, 3.05) is 5.32 Å². The molecular formula is C11H10ClN3O2. The van der Waals surface area contributed by atoms with Crippen LogP contribution in [0.2, 0.25) is 5.02 Å². The highest BCUT2D eigenvalue weighted by Gasteiger charge is 2.02. The number of rotatable bonds is 3. The summed E-state index contributed by atoms with van der Waals surface area (Å²) in [4.78, 5) is 15.2. The molecule has 0 saturated carbocycles. The predicted octanol–water partition coefficient (Wildman–Crippen LogP) is 2.74. The Balaban J connectivity index is 1.83. The van der Waals surface area contributed by atoms with Gasteiger partial charge in [0.1, 0.15) is 0 Å². The number of anilines is 1. The summed E-state index contributed by atoms with van der Waals surface area (Å²) in [5, 5.41) is 3.19. The number of carbonyl (C=O) groups is 1. The summed E-state index contributed by atoms with van der Waals surface area (Å²) in [7, 11) is 0. The maximum atomic E-state index is 11.4. The van der Waals surface area contributed by atoms with Gasteiger partial charge in [-0.25, -0.2) is 9.78 Å². The van der Waals surface area contributed by atoms with Gasteiger partial charge in [-0.15, -0.1) is 0 Å². The predicted molar refractivity (Wildman–Crippen MR) is 63.8 cm³/mol. The standard InChI is InChI=1S/C11H10ClN3O2/c12-9-1-3-10(4-2-9)14-11(16)17-8-15-6-5-13-7-15/h1-7H,8H2,(H,14,16). The summed E-state index contributed by atoms with van der Waals surface area (Å²) in [6.07, 6.45) is 4.35. The Kier molecular flexibility index (Phi) is 3.62. The highest BCUT2D eigenvalue weighted by Crippen LogP contribution is 2.13. The largest absolute Gasteiger partial charge is 0.427 e. The number of hydrogen-bond donors (Lipinski definition) is 1. The first-order valence-electron chi connectivity index (χ1n) is 4.89. The zero-order chi connectivity index (χ0) is 12.1. The van der Waals surface area contributed by atoms with E-state index >= 15 is 0 Å². The lowest BCUT2D eigenvalue weighted by atomic mass is 10.3. The molecular weight excluding hydrogens is 242 g/mol. The van der Waals surface area contributed by atoms with Gasteiger partial charge in [0.25, 0.3) is 0 Å². The van der Waals surface area contributed by atoms with Gasteiger partial charge in [0, 0.05) is 23.1 Å². The van der Waals surface area contributed by atoms with Crippen molar-refractivity contribution in [2.45, 2.75) is 6.73 Å². The second-order valence-corrected chi connectivity index (χ2v) is 3.71. The Hall–Kier alpha value is -2.01. The Labute approximate surface area is 103 Å². The summed E-state index contributed by atoms with van der Waals surface area (Å²) in [6, 6.07) is 6.77. The van der Waals surface area contributed by atoms with Crippen LogP contribution >= 0.6 is 11.6 Å². The number of halogens is 1. The number of ether oxygens (including phenoxy) is 1. The van der Waals surface area contributed by atoms with Crippen molar-refractivity contribution in [3.05, 3.63) is 48.0 Å². The van der Waals surface area contributed by atoms with E-state index in [9.17, 15) is 4.79 Å². The maximum Gasteiger partial charge on any atom is 0.413 e. The summed E-state index contributed by atoms with van der Waals surface area (Å²) in [5.41, 5.74) is 0.630. The van der Waals surface area contributed by atoms with Crippen LogP contribution in [0.25, 0.3) is 0 Å². The minimum atomic E-state index is -0.527. The number of nitrogens with one attached hydrogen (secondary N) is 1. The number of aromatic nitrogens is 2. The average molecular weight is 252 g/mol. The van der Waals surface area contributed by atoms with Crippen LogP contribution in [0.5, 0.6) is 0 Å². The highest BCUT2D eigenvalue weighted by atomic mass is 35.5. The quantitative estimate of drug-likeness (QED) is 0.913. The third kappa shape index (κ3) is 3.49. The van der Waals surface area contributed by atoms with Gasteiger partial charge in [-0.05, 0) is 24.3 Å². The minimum Gasteiger partial charge on any atom is -0.427 e. The van der Waals surface area contributed by atoms with Crippen molar-refractivity contribution >= 4 is 23.4 Å². The van der Waals surface area contributed by atoms with E-state index in [1.165, 1.54) is 0 Å². The lowest BCUT2D eigenvalue weighted by Crippen LogP contribution is -2.15. The molecule has 17 heavy (non-hydrogen) atoms. The molecule has 0 bridgehead atoms. The molecule has 6 heteroatoms. The first-order chi connectivity index (χ1) is 8.24. The van der Waals surface area contributed by atoms with Crippen LogP contribution in [0, 0.1) is 0 Å². The van der Waals surface area contributed by atoms with E-state index in [-0.39, 0.29) is 6.73 Å². The van der Waals surface area contributed by atoms with Crippen LogP contribution in [-0.4, -0.2) is 15.6 Å². The van der Waals surface area contributed by atoms with Gasteiger partial charge >= 0.3 is 6.09 Å². The summed E-state index contributed by atoms with van der Waals surface area (Å²) in [5.74, 6) is 0. The lowest BCUT2D eigenvalue weighted by Gasteiger charge is -2.07. The average Bonchev–Trinajstić information content (AvgIpc) is 2.83. The first-order valence-corrected chi connectivity index (χ1v) is 5.27. The van der Waals surface area contributed by atoms with Gasteiger partial charge in [-0.3, -0.25) is 5.32 Å². The van der Waals surface area contributed by atoms with Crippen LogP contribution in [0.4, 0.5) is 10.5 Å². The smallest absolute Gasteiger partial charge is 0.413 e. The molecule has 0 aliphatic rings. The van der Waals surface area contributed by atoms with E-state index < -0.39 is 6.09 Å². The fourth-order valence-electron chi connectivity index (χ4n) is 1.18. The molecule has 1 heterocycles. The molecule has 0 aliphatic carbocycles. The highest BCUT2D eigenvalue weighted by molar-refractivity contribution is 6.30. The van der Waals surface area contributed by atoms with Gasteiger partial charge in [-0.2, -0.15) is 0 Å². The van der Waals surface area contributed by atoms with Gasteiger partial charge in [0.15, 0.2) is 6.73 Å². The molecule has 2 aromatic rings. The molecule has 0 aliphatic heterocycles. The van der Waals surface area contributed by atoms with Crippen molar-refractivity contribution in [1.29, 1.82) is 0 Å². The van der Waals surface area contributed by atoms with Crippen LogP contribution < -0.4 is 5.32 Å². The van der Waals surface area contributed by atoms with Crippen LogP contribution in [-0.2, 0) is 11.5 Å². The topological polar surface area (TPSA) is 56.1 Å². The molecule has 1 aromatic heterocycles. The molecule has 1 amide bonds. The molecule has 1 N–H and O–H groups in total. The van der Waals surface area contributed by atoms with Crippen molar-refractivity contribution < 1.29 is 9.53 Å². The van der Waals surface area contributed by atoms with E-state index in [1.807, 2.05) is 0 Å². The molecule has 0 unspecified atom stereocenters. The zero-order valence-corrected chi connectivity index (χ0v) is 9.59. The van der Waals surface area contributed by atoms with Crippen molar-refractivity contribution in [3.63, 3.8) is 0 Å². The molecule has 2 rings (SSSR count). The van der Waals surface area contributed by atoms with Gasteiger partial charge in [0.05, 0.1) is 6.33 Å². The van der Waals surface area contributed by atoms with Crippen LogP contribution in [0.1, 0.15) is 0 Å². The van der Waals surface area contributed by atoms with E-state index in [0.29, 0.717) is 10.7 Å². The molecule has 0 atom stereocenters. The normalized spacial score (nSPS) is 9.94. The molecule has 5 nitrogen and oxygen atoms in total. The van der Waals surface area contributed by atoms with E-state index in [0.717, 1.165) is 0 Å². The Bertz CT molecular complexity index is 482. The lowest BCUT2D eigenvalue weighted by molar-refractivity contribution is 0.128. The second-order valence-electron chi connectivity index (χ2n) is 3.27. The number of amides is 1. The third-order valence-corrected chi connectivity index (χ3v) is 2.25. The number of benzene rings is 1. The van der Waals surface area contributed by atoms with E-state index in [1.54, 1.807) is 47.6 Å². The van der Waals surface area contributed by atoms with Crippen molar-refractivity contribution in [2.24, 2.45) is 0 Å². The maximum absolute atomic E-state index is 11.4. The van der Waals surface area contributed by atoms with Crippen molar-refractivity contribution in [3.8, 4) is 0 Å². The fourth-order valence-corrected chi connectivity index (χ4v) is 1.31. The SMILES string of the molecule is O=C(Nc1ccc(Cl)cc1)OCn1ccnc1. The van der Waals surface area contributed by atoms with Gasteiger partial charge in [-0.1, -0.05) is 11.6 Å². The van der Waals surface area contributed by atoms with Crippen LogP contribution in [0.15, 0.2) is 43.0 Å².